The third kappa shape index (κ3) is 4.13. The van der Waals surface area contributed by atoms with E-state index < -0.39 is 0 Å². The molecule has 2 aromatic rings. The van der Waals surface area contributed by atoms with Crippen LogP contribution in [0.2, 0.25) is 0 Å². The Morgan fingerprint density at radius 3 is 2.75 bits per heavy atom. The number of hydrogen-bond acceptors (Lipinski definition) is 5. The van der Waals surface area contributed by atoms with Gasteiger partial charge < -0.3 is 15.2 Å². The number of ether oxygens (including phenoxy) is 1. The number of benzene rings is 1. The number of rotatable bonds is 8. The molecule has 1 amide bonds. The molecule has 128 valence electrons. The van der Waals surface area contributed by atoms with Crippen LogP contribution in [0.15, 0.2) is 29.6 Å². The number of carbonyl (C=O) groups excluding carboxylic acids is 1. The predicted molar refractivity (Wildman–Crippen MR) is 94.2 cm³/mol. The van der Waals surface area contributed by atoms with Crippen LogP contribution in [0.5, 0.6) is 5.75 Å². The zero-order valence-electron chi connectivity index (χ0n) is 13.7. The highest BCUT2D eigenvalue weighted by Gasteiger charge is 2.42. The quantitative estimate of drug-likeness (QED) is 0.771. The number of thiazole rings is 1. The van der Waals surface area contributed by atoms with Crippen LogP contribution in [-0.4, -0.2) is 35.8 Å². The molecule has 1 aromatic heterocycles. The Kier molecular flexibility index (Phi) is 5.16. The van der Waals surface area contributed by atoms with Crippen LogP contribution >= 0.6 is 11.3 Å². The topological polar surface area (TPSA) is 71.5 Å². The fraction of sp³-hybridized carbons (Fsp3) is 0.444. The Bertz CT molecular complexity index is 693. The maximum Gasteiger partial charge on any atom is 0.226 e. The summed E-state index contributed by atoms with van der Waals surface area (Å²) >= 11 is 1.53. The van der Waals surface area contributed by atoms with Gasteiger partial charge in [0.1, 0.15) is 10.8 Å². The second-order valence-corrected chi connectivity index (χ2v) is 7.07. The molecule has 0 spiro atoms. The van der Waals surface area contributed by atoms with Crippen molar-refractivity contribution in [1.82, 2.24) is 10.3 Å². The fourth-order valence-corrected chi connectivity index (χ4v) is 3.29. The van der Waals surface area contributed by atoms with Crippen molar-refractivity contribution in [2.24, 2.45) is 5.41 Å². The number of amides is 1. The van der Waals surface area contributed by atoms with E-state index >= 15 is 0 Å². The molecule has 24 heavy (non-hydrogen) atoms. The minimum Gasteiger partial charge on any atom is -0.494 e. The van der Waals surface area contributed by atoms with Gasteiger partial charge in [0.05, 0.1) is 25.3 Å². The first kappa shape index (κ1) is 16.9. The van der Waals surface area contributed by atoms with Crippen molar-refractivity contribution in [3.05, 3.63) is 35.3 Å². The fourth-order valence-electron chi connectivity index (χ4n) is 2.46. The molecule has 2 N–H and O–H groups in total. The third-order valence-corrected chi connectivity index (χ3v) is 5.20. The van der Waals surface area contributed by atoms with Gasteiger partial charge in [-0.25, -0.2) is 4.98 Å². The molecule has 0 aliphatic heterocycles. The number of aromatic nitrogens is 1. The highest BCUT2D eigenvalue weighted by atomic mass is 32.1. The number of carbonyl (C=O) groups is 1. The normalized spacial score (nSPS) is 15.1. The molecule has 1 aliphatic rings. The minimum absolute atomic E-state index is 0.0433. The van der Waals surface area contributed by atoms with Crippen molar-refractivity contribution in [3.63, 3.8) is 0 Å². The molecular formula is C18H22N2O3S. The first-order chi connectivity index (χ1) is 11.6. The van der Waals surface area contributed by atoms with E-state index in [-0.39, 0.29) is 24.3 Å². The molecule has 1 fully saturated rings. The van der Waals surface area contributed by atoms with E-state index in [0.29, 0.717) is 13.2 Å². The van der Waals surface area contributed by atoms with Crippen molar-refractivity contribution in [3.8, 4) is 16.3 Å². The van der Waals surface area contributed by atoms with Gasteiger partial charge in [-0.1, -0.05) is 0 Å². The monoisotopic (exact) mass is 346 g/mol. The second kappa shape index (κ2) is 7.32. The lowest BCUT2D eigenvalue weighted by molar-refractivity contribution is -0.120. The van der Waals surface area contributed by atoms with Gasteiger partial charge in [0.2, 0.25) is 5.91 Å². The van der Waals surface area contributed by atoms with Gasteiger partial charge in [-0.15, -0.1) is 11.3 Å². The minimum atomic E-state index is -0.0643. The van der Waals surface area contributed by atoms with E-state index in [9.17, 15) is 9.90 Å². The van der Waals surface area contributed by atoms with Gasteiger partial charge in [-0.3, -0.25) is 4.79 Å². The van der Waals surface area contributed by atoms with Gasteiger partial charge in [0.25, 0.3) is 0 Å². The molecule has 0 saturated heterocycles. The maximum atomic E-state index is 12.0. The molecule has 0 radical (unpaired) electrons. The number of aliphatic hydroxyl groups is 1. The lowest BCUT2D eigenvalue weighted by Crippen LogP contribution is -2.32. The van der Waals surface area contributed by atoms with E-state index in [4.69, 9.17) is 4.74 Å². The van der Waals surface area contributed by atoms with Gasteiger partial charge in [0, 0.05) is 22.9 Å². The van der Waals surface area contributed by atoms with Crippen molar-refractivity contribution < 1.29 is 14.6 Å². The van der Waals surface area contributed by atoms with E-state index in [2.05, 4.69) is 10.3 Å². The molecule has 1 aromatic carbocycles. The number of aliphatic hydroxyl groups excluding tert-OH is 1. The number of nitrogens with zero attached hydrogens (tertiary/aromatic N) is 1. The van der Waals surface area contributed by atoms with Gasteiger partial charge in [-0.2, -0.15) is 0 Å². The second-order valence-electron chi connectivity index (χ2n) is 6.21. The Morgan fingerprint density at radius 1 is 1.38 bits per heavy atom. The van der Waals surface area contributed by atoms with Crippen LogP contribution in [0.3, 0.4) is 0 Å². The lowest BCUT2D eigenvalue weighted by Gasteiger charge is -2.12. The summed E-state index contributed by atoms with van der Waals surface area (Å²) in [5.74, 6) is 0.800. The summed E-state index contributed by atoms with van der Waals surface area (Å²) in [7, 11) is 0. The molecule has 1 heterocycles. The molecule has 0 atom stereocenters. The smallest absolute Gasteiger partial charge is 0.226 e. The van der Waals surface area contributed by atoms with Gasteiger partial charge >= 0.3 is 0 Å². The maximum absolute atomic E-state index is 12.0. The first-order valence-electron chi connectivity index (χ1n) is 8.19. The third-order valence-electron chi connectivity index (χ3n) is 4.26. The number of hydrogen-bond donors (Lipinski definition) is 2. The van der Waals surface area contributed by atoms with Crippen molar-refractivity contribution in [2.75, 3.05) is 19.8 Å². The summed E-state index contributed by atoms with van der Waals surface area (Å²) in [5, 5.41) is 15.0. The lowest BCUT2D eigenvalue weighted by atomic mass is 10.1. The first-order valence-corrected chi connectivity index (χ1v) is 9.07. The molecule has 5 nitrogen and oxygen atoms in total. The summed E-state index contributed by atoms with van der Waals surface area (Å²) in [6.45, 7) is 3.30. The predicted octanol–water partition coefficient (Wildman–Crippen LogP) is 2.64. The molecule has 6 heteroatoms. The summed E-state index contributed by atoms with van der Waals surface area (Å²) in [5.41, 5.74) is 1.73. The van der Waals surface area contributed by atoms with E-state index in [1.807, 2.05) is 36.6 Å². The van der Waals surface area contributed by atoms with Crippen LogP contribution in [0.25, 0.3) is 10.6 Å². The molecule has 3 rings (SSSR count). The molecular weight excluding hydrogens is 324 g/mol. The zero-order valence-corrected chi connectivity index (χ0v) is 14.6. The van der Waals surface area contributed by atoms with Gasteiger partial charge in [0.15, 0.2) is 0 Å². The molecule has 0 unspecified atom stereocenters. The van der Waals surface area contributed by atoms with Crippen LogP contribution in [-0.2, 0) is 11.2 Å². The van der Waals surface area contributed by atoms with Gasteiger partial charge in [-0.05, 0) is 44.0 Å². The van der Waals surface area contributed by atoms with Crippen LogP contribution in [0.4, 0.5) is 0 Å². The van der Waals surface area contributed by atoms with E-state index in [1.165, 1.54) is 11.3 Å². The standard InChI is InChI=1S/C18H22N2O3S/c1-2-23-15-5-3-13(4-6-15)17-20-14(10-24-17)9-16(22)19-11-18(12-21)7-8-18/h3-6,10,21H,2,7-9,11-12H2,1H3,(H,19,22). The molecule has 0 bridgehead atoms. The summed E-state index contributed by atoms with van der Waals surface area (Å²) in [6, 6.07) is 7.81. The summed E-state index contributed by atoms with van der Waals surface area (Å²) in [4.78, 5) is 16.6. The highest BCUT2D eigenvalue weighted by Crippen LogP contribution is 2.44. The average molecular weight is 346 g/mol. The number of nitrogens with one attached hydrogen (secondary N) is 1. The van der Waals surface area contributed by atoms with Crippen molar-refractivity contribution in [2.45, 2.75) is 26.2 Å². The van der Waals surface area contributed by atoms with E-state index in [1.54, 1.807) is 0 Å². The molecule has 1 aliphatic carbocycles. The van der Waals surface area contributed by atoms with Crippen LogP contribution in [0, 0.1) is 5.41 Å². The Labute approximate surface area is 145 Å². The molecule has 1 saturated carbocycles. The van der Waals surface area contributed by atoms with Crippen LogP contribution in [0.1, 0.15) is 25.5 Å². The Morgan fingerprint density at radius 2 is 2.12 bits per heavy atom. The van der Waals surface area contributed by atoms with Crippen LogP contribution < -0.4 is 10.1 Å². The van der Waals surface area contributed by atoms with Crippen molar-refractivity contribution >= 4 is 17.2 Å². The van der Waals surface area contributed by atoms with E-state index in [0.717, 1.165) is 34.9 Å². The summed E-state index contributed by atoms with van der Waals surface area (Å²) in [6.07, 6.45) is 2.25. The average Bonchev–Trinajstić information content (AvgIpc) is 3.25. The summed E-state index contributed by atoms with van der Waals surface area (Å²) < 4.78 is 5.44. The highest BCUT2D eigenvalue weighted by molar-refractivity contribution is 7.13. The zero-order chi connectivity index (χ0) is 17.0. The SMILES string of the molecule is CCOc1ccc(-c2nc(CC(=O)NCC3(CO)CC3)cs2)cc1. The Balaban J connectivity index is 1.55. The van der Waals surface area contributed by atoms with Crippen molar-refractivity contribution in [1.29, 1.82) is 0 Å². The Hall–Kier alpha value is -1.92. The largest absolute Gasteiger partial charge is 0.494 e.